The van der Waals surface area contributed by atoms with E-state index in [0.29, 0.717) is 0 Å². The predicted octanol–water partition coefficient (Wildman–Crippen LogP) is 4.75. The number of aromatic amines is 1. The molecule has 2 aromatic heterocycles. The van der Waals surface area contributed by atoms with Crippen molar-refractivity contribution in [2.75, 3.05) is 7.11 Å². The largest absolute Gasteiger partial charge is 0.457 e. The molecule has 3 rings (SSSR count). The van der Waals surface area contributed by atoms with E-state index in [4.69, 9.17) is 14.4 Å². The molecular weight excluding hydrogens is 431 g/mol. The van der Waals surface area contributed by atoms with Gasteiger partial charge in [0.1, 0.15) is 28.8 Å². The Morgan fingerprint density at radius 2 is 2.03 bits per heavy atom. The maximum Gasteiger partial charge on any atom is 0.416 e. The highest BCUT2D eigenvalue weighted by atomic mass is 19.4. The number of H-pyrrole nitrogens is 1. The maximum atomic E-state index is 12.9. The smallest absolute Gasteiger partial charge is 0.416 e. The van der Waals surface area contributed by atoms with Crippen LogP contribution in [0.25, 0.3) is 23.5 Å². The minimum Gasteiger partial charge on any atom is -0.457 e. The summed E-state index contributed by atoms with van der Waals surface area (Å²) in [6.45, 7) is -0.329. The van der Waals surface area contributed by atoms with Crippen molar-refractivity contribution in [2.24, 2.45) is 0 Å². The Bertz CT molecular complexity index is 1300. The zero-order chi connectivity index (χ0) is 23.5. The number of ether oxygens (including phenoxy) is 1. The zero-order valence-electron chi connectivity index (χ0n) is 16.4. The number of halogens is 3. The lowest BCUT2D eigenvalue weighted by atomic mass is 10.1. The second-order valence-corrected chi connectivity index (χ2v) is 6.49. The van der Waals surface area contributed by atoms with Gasteiger partial charge in [-0.1, -0.05) is 12.1 Å². The fraction of sp³-hybridized carbons (Fsp3) is 0.143. The molecule has 2 heterocycles. The summed E-state index contributed by atoms with van der Waals surface area (Å²) < 4.78 is 49.2. The molecule has 0 radical (unpaired) electrons. The van der Waals surface area contributed by atoms with Gasteiger partial charge in [-0.3, -0.25) is 14.9 Å². The van der Waals surface area contributed by atoms with Gasteiger partial charge >= 0.3 is 6.18 Å². The maximum absolute atomic E-state index is 12.9. The number of aromatic nitrogens is 1. The molecule has 11 heteroatoms. The standard InChI is InChI=1S/C21H14F3N3O5/c1-31-11-16-15(10-25)20(28)26-17(19(16)27(29)30)7-5-14-6-8-18(32-14)12-3-2-4-13(9-12)21(22,23)24/h2-9H,11H2,1H3,(H,26,28)/b7-5+. The molecule has 32 heavy (non-hydrogen) atoms. The van der Waals surface area contributed by atoms with Gasteiger partial charge in [0.15, 0.2) is 0 Å². The van der Waals surface area contributed by atoms with E-state index in [1.54, 1.807) is 6.07 Å². The summed E-state index contributed by atoms with van der Waals surface area (Å²) in [5, 5.41) is 20.7. The highest BCUT2D eigenvalue weighted by molar-refractivity contribution is 5.73. The Morgan fingerprint density at radius 3 is 2.66 bits per heavy atom. The molecule has 0 aliphatic carbocycles. The van der Waals surface area contributed by atoms with Gasteiger partial charge in [-0.15, -0.1) is 0 Å². The number of methoxy groups -OCH3 is 1. The van der Waals surface area contributed by atoms with Gasteiger partial charge in [0, 0.05) is 12.7 Å². The van der Waals surface area contributed by atoms with Gasteiger partial charge < -0.3 is 14.1 Å². The summed E-state index contributed by atoms with van der Waals surface area (Å²) >= 11 is 0. The van der Waals surface area contributed by atoms with Crippen molar-refractivity contribution in [1.29, 1.82) is 5.26 Å². The molecule has 0 aliphatic rings. The van der Waals surface area contributed by atoms with Crippen molar-refractivity contribution in [3.8, 4) is 17.4 Å². The summed E-state index contributed by atoms with van der Waals surface area (Å²) in [5.41, 5.74) is -2.77. The Balaban J connectivity index is 2.00. The number of furan rings is 1. The first-order valence-electron chi connectivity index (χ1n) is 8.93. The monoisotopic (exact) mass is 445 g/mol. The molecule has 0 spiro atoms. The molecule has 3 aromatic rings. The van der Waals surface area contributed by atoms with Crippen molar-refractivity contribution < 1.29 is 27.2 Å². The van der Waals surface area contributed by atoms with Gasteiger partial charge in [-0.2, -0.15) is 18.4 Å². The van der Waals surface area contributed by atoms with Crippen molar-refractivity contribution in [3.63, 3.8) is 0 Å². The van der Waals surface area contributed by atoms with Crippen molar-refractivity contribution >= 4 is 17.8 Å². The second-order valence-electron chi connectivity index (χ2n) is 6.49. The van der Waals surface area contributed by atoms with Crippen LogP contribution in [-0.4, -0.2) is 17.0 Å². The minimum absolute atomic E-state index is 0.152. The van der Waals surface area contributed by atoms with Gasteiger partial charge in [-0.25, -0.2) is 0 Å². The first-order valence-corrected chi connectivity index (χ1v) is 8.93. The number of hydrogen-bond donors (Lipinski definition) is 1. The number of nitrogens with zero attached hydrogens (tertiary/aromatic N) is 2. The highest BCUT2D eigenvalue weighted by Crippen LogP contribution is 2.33. The molecule has 1 N–H and O–H groups in total. The van der Waals surface area contributed by atoms with Crippen LogP contribution in [0.4, 0.5) is 18.9 Å². The molecule has 8 nitrogen and oxygen atoms in total. The van der Waals surface area contributed by atoms with Crippen LogP contribution in [0, 0.1) is 21.4 Å². The van der Waals surface area contributed by atoms with E-state index in [-0.39, 0.29) is 34.9 Å². The van der Waals surface area contributed by atoms with E-state index in [1.165, 1.54) is 43.5 Å². The number of nitrogens with one attached hydrogen (secondary N) is 1. The minimum atomic E-state index is -4.51. The fourth-order valence-corrected chi connectivity index (χ4v) is 3.01. The average Bonchev–Trinajstić information content (AvgIpc) is 3.21. The average molecular weight is 445 g/mol. The van der Waals surface area contributed by atoms with Crippen LogP contribution in [0.15, 0.2) is 45.6 Å². The van der Waals surface area contributed by atoms with Crippen LogP contribution in [0.5, 0.6) is 0 Å². The van der Waals surface area contributed by atoms with Crippen LogP contribution in [-0.2, 0) is 17.5 Å². The molecular formula is C21H14F3N3O5. The number of nitro groups is 1. The number of hydrogen-bond acceptors (Lipinski definition) is 6. The summed E-state index contributed by atoms with van der Waals surface area (Å²) in [4.78, 5) is 25.3. The molecule has 0 atom stereocenters. The molecule has 0 saturated heterocycles. The van der Waals surface area contributed by atoms with E-state index in [0.717, 1.165) is 12.1 Å². The number of alkyl halides is 3. The van der Waals surface area contributed by atoms with Crippen molar-refractivity contribution in [3.05, 3.63) is 85.0 Å². The normalized spacial score (nSPS) is 11.6. The van der Waals surface area contributed by atoms with Crippen LogP contribution in [0.2, 0.25) is 0 Å². The predicted molar refractivity (Wildman–Crippen MR) is 107 cm³/mol. The van der Waals surface area contributed by atoms with Gasteiger partial charge in [-0.05, 0) is 36.4 Å². The lowest BCUT2D eigenvalue weighted by Gasteiger charge is -2.07. The Morgan fingerprint density at radius 1 is 1.28 bits per heavy atom. The lowest BCUT2D eigenvalue weighted by molar-refractivity contribution is -0.386. The van der Waals surface area contributed by atoms with Gasteiger partial charge in [0.05, 0.1) is 22.7 Å². The summed E-state index contributed by atoms with van der Waals surface area (Å²) in [5.74, 6) is 0.323. The third-order valence-electron chi connectivity index (χ3n) is 4.42. The van der Waals surface area contributed by atoms with E-state index < -0.39 is 33.5 Å². The van der Waals surface area contributed by atoms with E-state index >= 15 is 0 Å². The first-order chi connectivity index (χ1) is 15.2. The number of benzene rings is 1. The SMILES string of the molecule is COCc1c([N+](=O)[O-])c(/C=C/c2ccc(-c3cccc(C(F)(F)F)c3)o2)[nH]c(=O)c1C#N. The lowest BCUT2D eigenvalue weighted by Crippen LogP contribution is -2.18. The molecule has 0 unspecified atom stereocenters. The van der Waals surface area contributed by atoms with E-state index in [2.05, 4.69) is 4.98 Å². The van der Waals surface area contributed by atoms with Crippen molar-refractivity contribution in [1.82, 2.24) is 4.98 Å². The fourth-order valence-electron chi connectivity index (χ4n) is 3.01. The van der Waals surface area contributed by atoms with Crippen LogP contribution < -0.4 is 5.56 Å². The number of pyridine rings is 1. The van der Waals surface area contributed by atoms with Crippen molar-refractivity contribution in [2.45, 2.75) is 12.8 Å². The molecule has 0 bridgehead atoms. The van der Waals surface area contributed by atoms with E-state index in [1.807, 2.05) is 0 Å². The molecule has 0 amide bonds. The van der Waals surface area contributed by atoms with Crippen LogP contribution in [0.3, 0.4) is 0 Å². The number of rotatable bonds is 6. The van der Waals surface area contributed by atoms with Crippen LogP contribution >= 0.6 is 0 Å². The highest BCUT2D eigenvalue weighted by Gasteiger charge is 2.30. The summed E-state index contributed by atoms with van der Waals surface area (Å²) in [6.07, 6.45) is -2.00. The third kappa shape index (κ3) is 4.60. The number of nitriles is 1. The topological polar surface area (TPSA) is 122 Å². The van der Waals surface area contributed by atoms with Gasteiger partial charge in [0.2, 0.25) is 0 Å². The Hall–Kier alpha value is -4.17. The Labute approximate surface area is 178 Å². The molecule has 0 fully saturated rings. The van der Waals surface area contributed by atoms with Gasteiger partial charge in [0.25, 0.3) is 11.2 Å². The Kier molecular flexibility index (Phi) is 6.27. The molecule has 164 valence electrons. The zero-order valence-corrected chi connectivity index (χ0v) is 16.4. The quantitative estimate of drug-likeness (QED) is 0.432. The second kappa shape index (κ2) is 8.91. The third-order valence-corrected chi connectivity index (χ3v) is 4.42. The van der Waals surface area contributed by atoms with Crippen LogP contribution in [0.1, 0.15) is 28.1 Å². The molecule has 0 aliphatic heterocycles. The summed E-state index contributed by atoms with van der Waals surface area (Å²) in [6, 6.07) is 9.10. The van der Waals surface area contributed by atoms with E-state index in [9.17, 15) is 28.1 Å². The summed E-state index contributed by atoms with van der Waals surface area (Å²) in [7, 11) is 1.26. The molecule has 0 saturated carbocycles. The molecule has 1 aromatic carbocycles. The first kappa shape index (κ1) is 22.5.